The number of carbonyl (C=O) groups excluding carboxylic acids is 1. The summed E-state index contributed by atoms with van der Waals surface area (Å²) < 4.78 is 13.0. The molecule has 114 valence electrons. The van der Waals surface area contributed by atoms with Crippen LogP contribution in [0.15, 0.2) is 18.2 Å². The van der Waals surface area contributed by atoms with Crippen LogP contribution in [0.25, 0.3) is 0 Å². The number of hydrogen-bond donors (Lipinski definition) is 2. The fraction of sp³-hybridized carbons (Fsp3) is 0.462. The molecule has 1 saturated heterocycles. The van der Waals surface area contributed by atoms with Gasteiger partial charge in [0.25, 0.3) is 5.69 Å². The molecule has 21 heavy (non-hydrogen) atoms. The van der Waals surface area contributed by atoms with E-state index in [-0.39, 0.29) is 17.3 Å². The molecule has 2 rings (SSSR count). The van der Waals surface area contributed by atoms with Crippen LogP contribution in [0.2, 0.25) is 0 Å². The number of benzene rings is 1. The minimum atomic E-state index is -0.710. The summed E-state index contributed by atoms with van der Waals surface area (Å²) in [4.78, 5) is 22.0. The maximum Gasteiger partial charge on any atom is 0.295 e. The van der Waals surface area contributed by atoms with Gasteiger partial charge in [-0.25, -0.2) is 4.39 Å². The van der Waals surface area contributed by atoms with E-state index in [2.05, 4.69) is 10.6 Å². The third-order valence-corrected chi connectivity index (χ3v) is 4.54. The van der Waals surface area contributed by atoms with Crippen molar-refractivity contribution in [1.82, 2.24) is 5.32 Å². The largest absolute Gasteiger partial charge is 0.320 e. The smallest absolute Gasteiger partial charge is 0.295 e. The van der Waals surface area contributed by atoms with Crippen molar-refractivity contribution in [3.8, 4) is 0 Å². The lowest BCUT2D eigenvalue weighted by Gasteiger charge is -2.21. The predicted octanol–water partition coefficient (Wildman–Crippen LogP) is 2.16. The number of nitro benzene ring substituents is 1. The average Bonchev–Trinajstić information content (AvgIpc) is 2.48. The van der Waals surface area contributed by atoms with Crippen LogP contribution in [-0.2, 0) is 4.79 Å². The fourth-order valence-corrected chi connectivity index (χ4v) is 3.13. The number of piperidine rings is 1. The molecule has 2 N–H and O–H groups in total. The zero-order valence-corrected chi connectivity index (χ0v) is 12.1. The van der Waals surface area contributed by atoms with Crippen LogP contribution in [0.4, 0.5) is 15.8 Å². The molecule has 1 fully saturated rings. The Kier molecular flexibility index (Phi) is 5.51. The van der Waals surface area contributed by atoms with E-state index >= 15 is 0 Å². The molecule has 8 heteroatoms. The Morgan fingerprint density at radius 3 is 2.86 bits per heavy atom. The van der Waals surface area contributed by atoms with E-state index in [1.807, 2.05) is 0 Å². The van der Waals surface area contributed by atoms with Crippen LogP contribution in [-0.4, -0.2) is 34.9 Å². The summed E-state index contributed by atoms with van der Waals surface area (Å²) in [6, 6.07) is 3.10. The lowest BCUT2D eigenvalue weighted by atomic mass is 10.2. The SMILES string of the molecule is O=C(CSC1CCNCC1)Nc1ccc(F)cc1[N+](=O)[O-]. The van der Waals surface area contributed by atoms with Crippen molar-refractivity contribution in [2.24, 2.45) is 0 Å². The first-order valence-corrected chi connectivity index (χ1v) is 7.67. The summed E-state index contributed by atoms with van der Waals surface area (Å²) in [5.41, 5.74) is -0.410. The van der Waals surface area contributed by atoms with Gasteiger partial charge in [0.2, 0.25) is 5.91 Å². The highest BCUT2D eigenvalue weighted by molar-refractivity contribution is 8.00. The van der Waals surface area contributed by atoms with Crippen LogP contribution in [0.5, 0.6) is 0 Å². The third-order valence-electron chi connectivity index (χ3n) is 3.17. The van der Waals surface area contributed by atoms with Gasteiger partial charge in [-0.3, -0.25) is 14.9 Å². The molecule has 0 saturated carbocycles. The zero-order valence-electron chi connectivity index (χ0n) is 11.3. The number of thioether (sulfide) groups is 1. The summed E-state index contributed by atoms with van der Waals surface area (Å²) in [6.07, 6.45) is 2.02. The Balaban J connectivity index is 1.91. The van der Waals surface area contributed by atoms with Crippen LogP contribution in [0, 0.1) is 15.9 Å². The summed E-state index contributed by atoms with van der Waals surface area (Å²) in [5.74, 6) is -0.781. The number of halogens is 1. The topological polar surface area (TPSA) is 84.3 Å². The van der Waals surface area contributed by atoms with E-state index in [1.54, 1.807) is 11.8 Å². The molecule has 1 aliphatic heterocycles. The van der Waals surface area contributed by atoms with Crippen molar-refractivity contribution in [1.29, 1.82) is 0 Å². The highest BCUT2D eigenvalue weighted by Gasteiger charge is 2.19. The molecule has 0 bridgehead atoms. The number of rotatable bonds is 5. The maximum absolute atomic E-state index is 13.0. The highest BCUT2D eigenvalue weighted by atomic mass is 32.2. The number of carbonyl (C=O) groups is 1. The molecule has 0 radical (unpaired) electrons. The molecular formula is C13H16FN3O3S. The van der Waals surface area contributed by atoms with Gasteiger partial charge in [0.05, 0.1) is 16.7 Å². The second kappa shape index (κ2) is 7.37. The van der Waals surface area contributed by atoms with E-state index in [0.29, 0.717) is 5.25 Å². The van der Waals surface area contributed by atoms with Gasteiger partial charge in [0.15, 0.2) is 0 Å². The van der Waals surface area contributed by atoms with Crippen molar-refractivity contribution in [2.75, 3.05) is 24.2 Å². The van der Waals surface area contributed by atoms with Crippen molar-refractivity contribution in [2.45, 2.75) is 18.1 Å². The van der Waals surface area contributed by atoms with Crippen molar-refractivity contribution < 1.29 is 14.1 Å². The van der Waals surface area contributed by atoms with Gasteiger partial charge >= 0.3 is 0 Å². The van der Waals surface area contributed by atoms with Crippen LogP contribution in [0.3, 0.4) is 0 Å². The van der Waals surface area contributed by atoms with Gasteiger partial charge in [0, 0.05) is 5.25 Å². The molecule has 0 atom stereocenters. The van der Waals surface area contributed by atoms with Gasteiger partial charge in [-0.15, -0.1) is 11.8 Å². The first-order chi connectivity index (χ1) is 10.1. The summed E-state index contributed by atoms with van der Waals surface area (Å²) >= 11 is 1.55. The number of hydrogen-bond acceptors (Lipinski definition) is 5. The molecule has 0 aromatic heterocycles. The molecule has 0 spiro atoms. The molecule has 1 heterocycles. The molecule has 1 aliphatic rings. The second-order valence-electron chi connectivity index (χ2n) is 4.73. The molecule has 0 unspecified atom stereocenters. The number of anilines is 1. The van der Waals surface area contributed by atoms with Gasteiger partial charge < -0.3 is 10.6 Å². The first kappa shape index (κ1) is 15.7. The Morgan fingerprint density at radius 1 is 1.48 bits per heavy atom. The van der Waals surface area contributed by atoms with Crippen molar-refractivity contribution in [3.63, 3.8) is 0 Å². The maximum atomic E-state index is 13.0. The Morgan fingerprint density at radius 2 is 2.19 bits per heavy atom. The third kappa shape index (κ3) is 4.68. The number of nitrogens with zero attached hydrogens (tertiary/aromatic N) is 1. The Bertz CT molecular complexity index is 535. The quantitative estimate of drug-likeness (QED) is 0.643. The molecule has 1 aromatic rings. The summed E-state index contributed by atoms with van der Waals surface area (Å²) in [5, 5.41) is 17.0. The molecule has 0 aliphatic carbocycles. The molecule has 1 amide bonds. The van der Waals surface area contributed by atoms with Gasteiger partial charge in [-0.2, -0.15) is 0 Å². The van der Waals surface area contributed by atoms with E-state index in [4.69, 9.17) is 0 Å². The fourth-order valence-electron chi connectivity index (χ4n) is 2.10. The van der Waals surface area contributed by atoms with E-state index < -0.39 is 16.4 Å². The summed E-state index contributed by atoms with van der Waals surface area (Å²) in [7, 11) is 0. The van der Waals surface area contributed by atoms with Crippen molar-refractivity contribution in [3.05, 3.63) is 34.1 Å². The predicted molar refractivity (Wildman–Crippen MR) is 80.0 cm³/mol. The van der Waals surface area contributed by atoms with Crippen LogP contribution in [0.1, 0.15) is 12.8 Å². The van der Waals surface area contributed by atoms with Gasteiger partial charge in [-0.1, -0.05) is 0 Å². The summed E-state index contributed by atoms with van der Waals surface area (Å²) in [6.45, 7) is 1.89. The lowest BCUT2D eigenvalue weighted by Crippen LogP contribution is -2.30. The monoisotopic (exact) mass is 313 g/mol. The number of nitro groups is 1. The van der Waals surface area contributed by atoms with Gasteiger partial charge in [-0.05, 0) is 38.1 Å². The van der Waals surface area contributed by atoms with Crippen molar-refractivity contribution >= 4 is 29.0 Å². The minimum absolute atomic E-state index is 0.0253. The number of amides is 1. The molecular weight excluding hydrogens is 297 g/mol. The standard InChI is InChI=1S/C13H16FN3O3S/c14-9-1-2-11(12(7-9)17(19)20)16-13(18)8-21-10-3-5-15-6-4-10/h1-2,7,10,15H,3-6,8H2,(H,16,18). The van der Waals surface area contributed by atoms with E-state index in [1.165, 1.54) is 6.07 Å². The van der Waals surface area contributed by atoms with Gasteiger partial charge in [0.1, 0.15) is 11.5 Å². The first-order valence-electron chi connectivity index (χ1n) is 6.62. The normalized spacial score (nSPS) is 15.7. The Hall–Kier alpha value is -1.67. The average molecular weight is 313 g/mol. The Labute approximate surface area is 125 Å². The number of nitrogens with one attached hydrogen (secondary N) is 2. The molecule has 1 aromatic carbocycles. The zero-order chi connectivity index (χ0) is 15.2. The molecule has 6 nitrogen and oxygen atoms in total. The van der Waals surface area contributed by atoms with E-state index in [0.717, 1.165) is 38.1 Å². The lowest BCUT2D eigenvalue weighted by molar-refractivity contribution is -0.384. The van der Waals surface area contributed by atoms with E-state index in [9.17, 15) is 19.3 Å². The van der Waals surface area contributed by atoms with Crippen LogP contribution < -0.4 is 10.6 Å². The highest BCUT2D eigenvalue weighted by Crippen LogP contribution is 2.26. The minimum Gasteiger partial charge on any atom is -0.320 e. The second-order valence-corrected chi connectivity index (χ2v) is 6.02. The van der Waals surface area contributed by atoms with Crippen LogP contribution >= 0.6 is 11.8 Å².